The lowest BCUT2D eigenvalue weighted by atomic mass is 9.83. The molecule has 1 unspecified atom stereocenters. The van der Waals surface area contributed by atoms with Crippen molar-refractivity contribution in [2.75, 3.05) is 0 Å². The third-order valence-corrected chi connectivity index (χ3v) is 5.33. The Morgan fingerprint density at radius 3 is 2.84 bits per heavy atom. The molecule has 1 aromatic heterocycles. The number of aromatic nitrogens is 2. The first-order valence-corrected chi connectivity index (χ1v) is 7.73. The van der Waals surface area contributed by atoms with Crippen LogP contribution in [0.5, 0.6) is 0 Å². The van der Waals surface area contributed by atoms with Crippen LogP contribution in [-0.4, -0.2) is 9.78 Å². The molecule has 0 amide bonds. The standard InChI is InChI=1S/C16H19BrN2/c1-11-16(17)12(2)19(18-11)10-14-8-5-7-13-6-3-4-9-15(13)14/h3-4,6,9,14H,5,7-8,10H2,1-2H3. The molecule has 1 heterocycles. The highest BCUT2D eigenvalue weighted by Crippen LogP contribution is 2.33. The fraction of sp³-hybridized carbons (Fsp3) is 0.438. The van der Waals surface area contributed by atoms with Crippen LogP contribution in [0.2, 0.25) is 0 Å². The number of aryl methyl sites for hydroxylation is 2. The second-order valence-corrected chi connectivity index (χ2v) is 6.25. The SMILES string of the molecule is Cc1nn(CC2CCCc3ccccc32)c(C)c1Br. The monoisotopic (exact) mass is 318 g/mol. The smallest absolute Gasteiger partial charge is 0.0738 e. The molecule has 0 bridgehead atoms. The molecule has 2 aromatic rings. The maximum absolute atomic E-state index is 4.65. The summed E-state index contributed by atoms with van der Waals surface area (Å²) < 4.78 is 3.31. The summed E-state index contributed by atoms with van der Waals surface area (Å²) in [6.45, 7) is 5.19. The molecule has 2 nitrogen and oxygen atoms in total. The van der Waals surface area contributed by atoms with Crippen LogP contribution in [-0.2, 0) is 13.0 Å². The third kappa shape index (κ3) is 2.36. The predicted octanol–water partition coefficient (Wildman–Crippen LogP) is 4.38. The summed E-state index contributed by atoms with van der Waals surface area (Å²) in [6, 6.07) is 8.88. The Bertz CT molecular complexity index is 601. The van der Waals surface area contributed by atoms with Crippen molar-refractivity contribution in [2.24, 2.45) is 0 Å². The Balaban J connectivity index is 1.90. The second-order valence-electron chi connectivity index (χ2n) is 5.45. The molecule has 19 heavy (non-hydrogen) atoms. The number of rotatable bonds is 2. The lowest BCUT2D eigenvalue weighted by molar-refractivity contribution is 0.450. The first kappa shape index (κ1) is 12.9. The molecule has 1 atom stereocenters. The molecule has 0 fully saturated rings. The number of fused-ring (bicyclic) bond motifs is 1. The maximum Gasteiger partial charge on any atom is 0.0738 e. The lowest BCUT2D eigenvalue weighted by Gasteiger charge is -2.25. The molecule has 1 aliphatic rings. The van der Waals surface area contributed by atoms with Gasteiger partial charge in [-0.05, 0) is 60.2 Å². The molecule has 3 rings (SSSR count). The number of hydrogen-bond acceptors (Lipinski definition) is 1. The summed E-state index contributed by atoms with van der Waals surface area (Å²) >= 11 is 3.61. The van der Waals surface area contributed by atoms with Crippen LogP contribution in [0.25, 0.3) is 0 Å². The van der Waals surface area contributed by atoms with Crippen LogP contribution < -0.4 is 0 Å². The quantitative estimate of drug-likeness (QED) is 0.803. The Morgan fingerprint density at radius 2 is 2.11 bits per heavy atom. The minimum absolute atomic E-state index is 0.606. The van der Waals surface area contributed by atoms with E-state index in [0.717, 1.165) is 16.7 Å². The third-order valence-electron chi connectivity index (χ3n) is 4.18. The van der Waals surface area contributed by atoms with Gasteiger partial charge in [0.2, 0.25) is 0 Å². The van der Waals surface area contributed by atoms with Crippen molar-refractivity contribution < 1.29 is 0 Å². The first-order valence-electron chi connectivity index (χ1n) is 6.94. The van der Waals surface area contributed by atoms with Crippen LogP contribution >= 0.6 is 15.9 Å². The van der Waals surface area contributed by atoms with Crippen LogP contribution in [0, 0.1) is 13.8 Å². The van der Waals surface area contributed by atoms with E-state index in [1.54, 1.807) is 0 Å². The summed E-state index contributed by atoms with van der Waals surface area (Å²) in [7, 11) is 0. The Morgan fingerprint density at radius 1 is 1.32 bits per heavy atom. The number of hydrogen-bond donors (Lipinski definition) is 0. The highest BCUT2D eigenvalue weighted by molar-refractivity contribution is 9.10. The van der Waals surface area contributed by atoms with E-state index < -0.39 is 0 Å². The molecule has 0 saturated carbocycles. The summed E-state index contributed by atoms with van der Waals surface area (Å²) in [4.78, 5) is 0. The van der Waals surface area contributed by atoms with Gasteiger partial charge in [-0.25, -0.2) is 0 Å². The molecular weight excluding hydrogens is 300 g/mol. The van der Waals surface area contributed by atoms with E-state index in [4.69, 9.17) is 0 Å². The van der Waals surface area contributed by atoms with E-state index in [2.05, 4.69) is 63.8 Å². The van der Waals surface area contributed by atoms with Crippen LogP contribution in [0.15, 0.2) is 28.7 Å². The zero-order valence-electron chi connectivity index (χ0n) is 11.5. The Kier molecular flexibility index (Phi) is 3.48. The minimum atomic E-state index is 0.606. The molecule has 1 aromatic carbocycles. The van der Waals surface area contributed by atoms with Gasteiger partial charge in [-0.3, -0.25) is 4.68 Å². The highest BCUT2D eigenvalue weighted by Gasteiger charge is 2.21. The Labute approximate surface area is 123 Å². The van der Waals surface area contributed by atoms with Gasteiger partial charge < -0.3 is 0 Å². The highest BCUT2D eigenvalue weighted by atomic mass is 79.9. The van der Waals surface area contributed by atoms with Crippen LogP contribution in [0.4, 0.5) is 0 Å². The van der Waals surface area contributed by atoms with Gasteiger partial charge in [0.1, 0.15) is 0 Å². The van der Waals surface area contributed by atoms with E-state index in [1.807, 2.05) is 0 Å². The zero-order chi connectivity index (χ0) is 13.4. The van der Waals surface area contributed by atoms with E-state index in [9.17, 15) is 0 Å². The van der Waals surface area contributed by atoms with Crippen molar-refractivity contribution in [1.82, 2.24) is 9.78 Å². The Hall–Kier alpha value is -1.09. The van der Waals surface area contributed by atoms with Crippen LogP contribution in [0.1, 0.15) is 41.3 Å². The van der Waals surface area contributed by atoms with Gasteiger partial charge >= 0.3 is 0 Å². The maximum atomic E-state index is 4.65. The normalized spacial score (nSPS) is 18.4. The molecule has 3 heteroatoms. The molecule has 0 aliphatic heterocycles. The number of nitrogens with zero attached hydrogens (tertiary/aromatic N) is 2. The molecule has 100 valence electrons. The van der Waals surface area contributed by atoms with Crippen LogP contribution in [0.3, 0.4) is 0 Å². The van der Waals surface area contributed by atoms with E-state index in [-0.39, 0.29) is 0 Å². The second kappa shape index (κ2) is 5.12. The molecule has 0 spiro atoms. The molecule has 0 radical (unpaired) electrons. The average Bonchev–Trinajstić information content (AvgIpc) is 2.67. The van der Waals surface area contributed by atoms with Gasteiger partial charge in [0, 0.05) is 18.2 Å². The summed E-state index contributed by atoms with van der Waals surface area (Å²) in [5.74, 6) is 0.606. The van der Waals surface area contributed by atoms with Gasteiger partial charge in [-0.15, -0.1) is 0 Å². The van der Waals surface area contributed by atoms with Crippen molar-refractivity contribution in [3.8, 4) is 0 Å². The number of benzene rings is 1. The van der Waals surface area contributed by atoms with E-state index >= 15 is 0 Å². The zero-order valence-corrected chi connectivity index (χ0v) is 13.1. The lowest BCUT2D eigenvalue weighted by Crippen LogP contribution is -2.17. The van der Waals surface area contributed by atoms with E-state index in [1.165, 1.54) is 36.1 Å². The van der Waals surface area contributed by atoms with Crippen molar-refractivity contribution in [3.05, 3.63) is 51.3 Å². The molecule has 0 N–H and O–H groups in total. The van der Waals surface area contributed by atoms with Gasteiger partial charge in [0.25, 0.3) is 0 Å². The molecule has 0 saturated heterocycles. The summed E-state index contributed by atoms with van der Waals surface area (Å²) in [6.07, 6.45) is 3.79. The number of halogens is 1. The van der Waals surface area contributed by atoms with Crippen molar-refractivity contribution in [2.45, 2.75) is 45.6 Å². The van der Waals surface area contributed by atoms with Crippen molar-refractivity contribution in [3.63, 3.8) is 0 Å². The van der Waals surface area contributed by atoms with Gasteiger partial charge in [0.05, 0.1) is 10.2 Å². The largest absolute Gasteiger partial charge is 0.268 e. The van der Waals surface area contributed by atoms with Gasteiger partial charge in [0.15, 0.2) is 0 Å². The first-order chi connectivity index (χ1) is 9.16. The van der Waals surface area contributed by atoms with E-state index in [0.29, 0.717) is 5.92 Å². The van der Waals surface area contributed by atoms with Gasteiger partial charge in [-0.2, -0.15) is 5.10 Å². The van der Waals surface area contributed by atoms with Gasteiger partial charge in [-0.1, -0.05) is 24.3 Å². The average molecular weight is 319 g/mol. The van der Waals surface area contributed by atoms with Crippen molar-refractivity contribution in [1.29, 1.82) is 0 Å². The fourth-order valence-corrected chi connectivity index (χ4v) is 3.39. The predicted molar refractivity (Wildman–Crippen MR) is 81.5 cm³/mol. The minimum Gasteiger partial charge on any atom is -0.268 e. The summed E-state index contributed by atoms with van der Waals surface area (Å²) in [5.41, 5.74) is 5.37. The van der Waals surface area contributed by atoms with Crippen molar-refractivity contribution >= 4 is 15.9 Å². The molecular formula is C16H19BrN2. The summed E-state index contributed by atoms with van der Waals surface area (Å²) in [5, 5.41) is 4.65. The topological polar surface area (TPSA) is 17.8 Å². The molecule has 1 aliphatic carbocycles. The fourth-order valence-electron chi connectivity index (χ4n) is 3.11.